The third kappa shape index (κ3) is 11.7. The van der Waals surface area contributed by atoms with Crippen molar-refractivity contribution in [2.24, 2.45) is 22.9 Å². The first kappa shape index (κ1) is 50.4. The van der Waals surface area contributed by atoms with Gasteiger partial charge in [-0.05, 0) is 109 Å². The molecule has 16 heteroatoms. The first-order valence-corrected chi connectivity index (χ1v) is 23.5. The minimum Gasteiger partial charge on any atom is -0.489 e. The number of nitro groups is 1. The Morgan fingerprint density at radius 1 is 0.971 bits per heavy atom. The second-order valence-electron chi connectivity index (χ2n) is 17.4. The van der Waals surface area contributed by atoms with E-state index < -0.39 is 40.3 Å². The second-order valence-corrected chi connectivity index (χ2v) is 17.4. The van der Waals surface area contributed by atoms with Gasteiger partial charge in [-0.3, -0.25) is 14.9 Å². The average molecular weight is 947 g/mol. The first-order chi connectivity index (χ1) is 33.7. The molecule has 0 radical (unpaired) electrons. The number of non-ortho nitro benzene ring substituents is 1. The summed E-state index contributed by atoms with van der Waals surface area (Å²) in [7, 11) is 0. The normalized spacial score (nSPS) is 21.8. The van der Waals surface area contributed by atoms with Crippen molar-refractivity contribution in [3.63, 3.8) is 0 Å². The van der Waals surface area contributed by atoms with Crippen LogP contribution in [-0.4, -0.2) is 94.8 Å². The number of oxime groups is 1. The number of aliphatic hydroxyl groups is 3. The van der Waals surface area contributed by atoms with Crippen LogP contribution in [-0.2, 0) is 27.5 Å². The van der Waals surface area contributed by atoms with E-state index >= 15 is 4.79 Å². The van der Waals surface area contributed by atoms with Gasteiger partial charge in [0.2, 0.25) is 5.79 Å². The summed E-state index contributed by atoms with van der Waals surface area (Å²) < 4.78 is 41.4. The van der Waals surface area contributed by atoms with Crippen molar-refractivity contribution in [3.8, 4) is 17.6 Å². The number of hydrogen-bond donors (Lipinski definition) is 3. The highest BCUT2D eigenvalue weighted by molar-refractivity contribution is 6.03. The fraction of sp³-hybridized carbons (Fsp3) is 0.415. The van der Waals surface area contributed by atoms with Gasteiger partial charge in [0.1, 0.15) is 36.6 Å². The Kier molecular flexibility index (Phi) is 17.7. The lowest BCUT2D eigenvalue weighted by Crippen LogP contribution is -2.70. The molecule has 1 saturated carbocycles. The predicted octanol–water partition coefficient (Wildman–Crippen LogP) is 8.17. The Hall–Kier alpha value is -6.48. The largest absolute Gasteiger partial charge is 0.489 e. The Labute approximate surface area is 401 Å². The fourth-order valence-electron chi connectivity index (χ4n) is 9.99. The number of nitro benzene ring substituents is 1. The number of carbonyl (C=O) groups excluding carboxylic acids is 1. The molecule has 1 heterocycles. The zero-order valence-electron chi connectivity index (χ0n) is 38.5. The lowest BCUT2D eigenvalue weighted by atomic mass is 9.55. The van der Waals surface area contributed by atoms with Crippen molar-refractivity contribution in [1.82, 2.24) is 4.90 Å². The Balaban J connectivity index is 1.43. The van der Waals surface area contributed by atoms with Gasteiger partial charge in [-0.15, -0.1) is 6.58 Å². The fourth-order valence-corrected chi connectivity index (χ4v) is 9.99. The van der Waals surface area contributed by atoms with E-state index in [-0.39, 0.29) is 83.3 Å². The van der Waals surface area contributed by atoms with Crippen LogP contribution in [0.25, 0.3) is 0 Å². The topological polar surface area (TPSA) is 206 Å². The molecule has 2 aliphatic carbocycles. The second kappa shape index (κ2) is 24.2. The summed E-state index contributed by atoms with van der Waals surface area (Å²) >= 11 is 0. The van der Waals surface area contributed by atoms with Crippen LogP contribution in [0.3, 0.4) is 0 Å². The zero-order chi connectivity index (χ0) is 48.8. The number of halogens is 1. The summed E-state index contributed by atoms with van der Waals surface area (Å²) in [6.07, 6.45) is 7.85. The number of nitriles is 1. The van der Waals surface area contributed by atoms with Gasteiger partial charge < -0.3 is 44.0 Å². The first-order valence-electron chi connectivity index (χ1n) is 23.5. The van der Waals surface area contributed by atoms with Crippen LogP contribution >= 0.6 is 0 Å². The summed E-state index contributed by atoms with van der Waals surface area (Å²) in [5.41, 5.74) is 3.73. The molecule has 1 fully saturated rings. The number of aliphatic hydroxyl groups excluding tert-OH is 3. The molecule has 3 N–H and O–H groups in total. The van der Waals surface area contributed by atoms with Crippen molar-refractivity contribution in [2.75, 3.05) is 46.2 Å². The van der Waals surface area contributed by atoms with Crippen molar-refractivity contribution in [3.05, 3.63) is 159 Å². The molecule has 0 spiro atoms. The van der Waals surface area contributed by atoms with Crippen molar-refractivity contribution < 1.29 is 53.2 Å². The van der Waals surface area contributed by atoms with E-state index in [9.17, 15) is 35.1 Å². The van der Waals surface area contributed by atoms with Crippen molar-refractivity contribution in [2.45, 2.75) is 75.9 Å². The maximum atomic E-state index is 15.2. The number of ether oxygens (including phenoxy) is 4. The Morgan fingerprint density at radius 3 is 2.42 bits per heavy atom. The van der Waals surface area contributed by atoms with Gasteiger partial charge in [-0.2, -0.15) is 5.26 Å². The van der Waals surface area contributed by atoms with E-state index in [0.29, 0.717) is 71.6 Å². The van der Waals surface area contributed by atoms with Crippen LogP contribution in [0.4, 0.5) is 10.1 Å². The summed E-state index contributed by atoms with van der Waals surface area (Å²) in [5.74, 6) is -2.68. The molecular formula is C53H59FN4O11. The maximum Gasteiger partial charge on any atom is 0.269 e. The minimum absolute atomic E-state index is 0.00689. The molecule has 0 aromatic heterocycles. The molecule has 15 nitrogen and oxygen atoms in total. The number of carbonyl (C=O) groups is 1. The number of unbranched alkanes of at least 4 members (excludes halogenated alkanes) is 2. The SMILES string of the molecule is C=CCOC12Oc3ccc(OCc4ccccc4F)cc3C3C(CCCCO)C(CCCCO)C=C(C(=NOCc4ccc([N+](=O)[O-])cc4)CC1N(CCOCCO)C(=O)c1ccc(C#N)cc1)C32. The molecule has 7 rings (SSSR count). The maximum absolute atomic E-state index is 15.2. The van der Waals surface area contributed by atoms with E-state index in [1.807, 2.05) is 12.1 Å². The molecule has 364 valence electrons. The third-order valence-electron chi connectivity index (χ3n) is 13.2. The molecule has 0 saturated heterocycles. The highest BCUT2D eigenvalue weighted by Crippen LogP contribution is 2.62. The zero-order valence-corrected chi connectivity index (χ0v) is 38.5. The number of benzene rings is 4. The van der Waals surface area contributed by atoms with Gasteiger partial charge in [-0.25, -0.2) is 4.39 Å². The van der Waals surface area contributed by atoms with E-state index in [2.05, 4.69) is 18.7 Å². The van der Waals surface area contributed by atoms with Crippen LogP contribution in [0.1, 0.15) is 83.5 Å². The molecule has 4 aromatic rings. The smallest absolute Gasteiger partial charge is 0.269 e. The molecule has 3 aliphatic rings. The van der Waals surface area contributed by atoms with Crippen LogP contribution in [0.15, 0.2) is 120 Å². The summed E-state index contributed by atoms with van der Waals surface area (Å²) in [6.45, 7) is 3.85. The number of nitrogens with zero attached hydrogens (tertiary/aromatic N) is 4. The number of hydrogen-bond acceptors (Lipinski definition) is 13. The molecule has 1 amide bonds. The Morgan fingerprint density at radius 2 is 1.72 bits per heavy atom. The number of rotatable bonds is 25. The summed E-state index contributed by atoms with van der Waals surface area (Å²) in [5, 5.41) is 55.5. The minimum atomic E-state index is -1.62. The molecule has 1 aliphatic heterocycles. The average Bonchev–Trinajstić information content (AvgIpc) is 3.37. The lowest BCUT2D eigenvalue weighted by molar-refractivity contribution is -0.384. The predicted molar refractivity (Wildman–Crippen MR) is 254 cm³/mol. The van der Waals surface area contributed by atoms with E-state index in [0.717, 1.165) is 17.6 Å². The molecule has 4 aromatic carbocycles. The van der Waals surface area contributed by atoms with Crippen molar-refractivity contribution >= 4 is 17.3 Å². The molecule has 69 heavy (non-hydrogen) atoms. The monoisotopic (exact) mass is 946 g/mol. The van der Waals surface area contributed by atoms with Gasteiger partial charge in [0.25, 0.3) is 11.6 Å². The summed E-state index contributed by atoms with van der Waals surface area (Å²) in [6, 6.07) is 25.4. The Bertz CT molecular complexity index is 2490. The van der Waals surface area contributed by atoms with Gasteiger partial charge >= 0.3 is 0 Å². The lowest BCUT2D eigenvalue weighted by Gasteiger charge is -2.60. The van der Waals surface area contributed by atoms with Gasteiger partial charge in [0.15, 0.2) is 0 Å². The quantitative estimate of drug-likeness (QED) is 0.0249. The van der Waals surface area contributed by atoms with Gasteiger partial charge in [-0.1, -0.05) is 48.3 Å². The number of amides is 1. The van der Waals surface area contributed by atoms with Crippen LogP contribution < -0.4 is 9.47 Å². The highest BCUT2D eigenvalue weighted by Gasteiger charge is 2.65. The molecule has 6 atom stereocenters. The van der Waals surface area contributed by atoms with E-state index in [1.165, 1.54) is 18.2 Å². The number of allylic oxidation sites excluding steroid dienone is 1. The van der Waals surface area contributed by atoms with E-state index in [4.69, 9.17) is 28.9 Å². The van der Waals surface area contributed by atoms with Crippen LogP contribution in [0.2, 0.25) is 0 Å². The van der Waals surface area contributed by atoms with Crippen LogP contribution in [0.5, 0.6) is 11.5 Å². The van der Waals surface area contributed by atoms with Gasteiger partial charge in [0.05, 0.1) is 54.6 Å². The molecule has 6 unspecified atom stereocenters. The third-order valence-corrected chi connectivity index (χ3v) is 13.2. The molecule has 0 bridgehead atoms. The van der Waals surface area contributed by atoms with E-state index in [1.54, 1.807) is 71.6 Å². The van der Waals surface area contributed by atoms with Gasteiger partial charge in [0, 0.05) is 60.9 Å². The molecular weight excluding hydrogens is 888 g/mol. The van der Waals surface area contributed by atoms with Crippen LogP contribution in [0, 0.1) is 45.0 Å². The summed E-state index contributed by atoms with van der Waals surface area (Å²) in [4.78, 5) is 33.9. The highest BCUT2D eigenvalue weighted by atomic mass is 19.1. The number of fused-ring (bicyclic) bond motifs is 2. The van der Waals surface area contributed by atoms with Crippen molar-refractivity contribution in [1.29, 1.82) is 5.26 Å². The standard InChI is InChI=1S/C53H59FN4O11/c1-2-27-67-53-49(57(23-28-65-29-26-61)52(62)38-17-13-36(33-55)14-18-38)32-47(56-68-34-37-15-19-41(20-16-37)58(63)64)44-30-39(9-5-7-24-59)43(11-6-8-25-60)50(51(44)53)45-31-42(21-22-48(45)69-53)66-35-40-10-3-4-12-46(40)54/h2-4,10,12-22,30-31,39,43,49-51,59-61H,1,5-9,11,23-29,32,34-35H2.